The molecule has 41 heavy (non-hydrogen) atoms. The number of anilines is 1. The molecule has 0 radical (unpaired) electrons. The molecule has 5 heterocycles. The van der Waals surface area contributed by atoms with Crippen molar-refractivity contribution in [2.45, 2.75) is 55.1 Å². The van der Waals surface area contributed by atoms with Crippen molar-refractivity contribution in [2.75, 3.05) is 38.2 Å². The van der Waals surface area contributed by atoms with E-state index in [0.29, 0.717) is 43.6 Å². The number of likely N-dealkylation sites (tertiary alicyclic amines) is 1. The van der Waals surface area contributed by atoms with Gasteiger partial charge in [0.25, 0.3) is 0 Å². The molecule has 2 saturated heterocycles. The number of fused-ring (bicyclic) bond motifs is 1. The summed E-state index contributed by atoms with van der Waals surface area (Å²) in [6, 6.07) is 4.68. The molecular weight excluding hydrogens is 609 g/mol. The molecule has 3 fully saturated rings. The fourth-order valence-corrected chi connectivity index (χ4v) is 6.56. The van der Waals surface area contributed by atoms with E-state index in [1.54, 1.807) is 29.1 Å². The molecule has 3 aromatic rings. The first-order chi connectivity index (χ1) is 19.6. The summed E-state index contributed by atoms with van der Waals surface area (Å²) in [4.78, 5) is 14.5. The Kier molecular flexibility index (Phi) is 7.48. The second-order valence-corrected chi connectivity index (χ2v) is 13.1. The molecule has 0 spiro atoms. The Labute approximate surface area is 240 Å². The van der Waals surface area contributed by atoms with Crippen molar-refractivity contribution in [1.82, 2.24) is 29.6 Å². The van der Waals surface area contributed by atoms with Crippen LogP contribution in [0.2, 0.25) is 0 Å². The Morgan fingerprint density at radius 2 is 2.07 bits per heavy atom. The van der Waals surface area contributed by atoms with Crippen molar-refractivity contribution >= 4 is 36.7 Å². The number of nitrogens with zero attached hydrogens (tertiary/aromatic N) is 5. The number of rotatable bonds is 7. The fourth-order valence-electron chi connectivity index (χ4n) is 5.13. The van der Waals surface area contributed by atoms with Crippen molar-refractivity contribution in [3.63, 3.8) is 0 Å². The third kappa shape index (κ3) is 6.09. The van der Waals surface area contributed by atoms with Crippen molar-refractivity contribution in [1.29, 1.82) is 0 Å². The van der Waals surface area contributed by atoms with Crippen LogP contribution in [0.15, 0.2) is 30.6 Å². The van der Waals surface area contributed by atoms with Crippen LogP contribution in [-0.4, -0.2) is 101 Å². The SMILES string of the molecule is CC1(N2CCC(Nc3cccc4c([Se]C(F)(F)F)c(C#CCNC(=O)c5cnn(C6CC6)c5)nn34)C(F)C2)COC1. The number of hydrogen-bond donors (Lipinski definition) is 2. The van der Waals surface area contributed by atoms with Crippen molar-refractivity contribution in [2.24, 2.45) is 0 Å². The van der Waals surface area contributed by atoms with Gasteiger partial charge in [0.2, 0.25) is 0 Å². The summed E-state index contributed by atoms with van der Waals surface area (Å²) >= 11 is -1.91. The predicted octanol–water partition coefficient (Wildman–Crippen LogP) is 2.11. The average molecular weight is 639 g/mol. The van der Waals surface area contributed by atoms with E-state index in [2.05, 4.69) is 44.5 Å². The van der Waals surface area contributed by atoms with Crippen molar-refractivity contribution in [3.05, 3.63) is 41.9 Å². The number of carbonyl (C=O) groups excluding carboxylic acids is 1. The van der Waals surface area contributed by atoms with Gasteiger partial charge in [-0.05, 0) is 0 Å². The van der Waals surface area contributed by atoms with E-state index in [1.165, 1.54) is 10.7 Å². The molecule has 3 aromatic heterocycles. The zero-order valence-electron chi connectivity index (χ0n) is 22.2. The van der Waals surface area contributed by atoms with Crippen LogP contribution in [0.5, 0.6) is 0 Å². The number of pyridine rings is 1. The molecule has 0 aromatic carbocycles. The van der Waals surface area contributed by atoms with E-state index in [-0.39, 0.29) is 40.2 Å². The Hall–Kier alpha value is -3.11. The summed E-state index contributed by atoms with van der Waals surface area (Å²) in [5.74, 6) is 5.48. The van der Waals surface area contributed by atoms with Gasteiger partial charge in [0, 0.05) is 0 Å². The van der Waals surface area contributed by atoms with Gasteiger partial charge in [0.1, 0.15) is 0 Å². The molecule has 9 nitrogen and oxygen atoms in total. The number of ether oxygens (including phenoxy) is 1. The molecule has 1 aliphatic carbocycles. The Bertz CT molecular complexity index is 1500. The summed E-state index contributed by atoms with van der Waals surface area (Å²) in [5.41, 5.74) is 0.490. The predicted molar refractivity (Wildman–Crippen MR) is 144 cm³/mol. The van der Waals surface area contributed by atoms with E-state index in [0.717, 1.165) is 12.8 Å². The Morgan fingerprint density at radius 3 is 2.76 bits per heavy atom. The molecule has 1 amide bonds. The van der Waals surface area contributed by atoms with Gasteiger partial charge in [0.15, 0.2) is 0 Å². The zero-order valence-corrected chi connectivity index (χ0v) is 24.0. The number of hydrogen-bond acceptors (Lipinski definition) is 6. The Morgan fingerprint density at radius 1 is 1.27 bits per heavy atom. The maximum atomic E-state index is 15.2. The summed E-state index contributed by atoms with van der Waals surface area (Å²) in [7, 11) is 0. The van der Waals surface area contributed by atoms with Gasteiger partial charge in [0.05, 0.1) is 0 Å². The van der Waals surface area contributed by atoms with Gasteiger partial charge in [-0.15, -0.1) is 0 Å². The van der Waals surface area contributed by atoms with Crippen LogP contribution in [0.4, 0.5) is 23.4 Å². The molecule has 2 unspecified atom stereocenters. The molecule has 2 atom stereocenters. The first kappa shape index (κ1) is 28.0. The van der Waals surface area contributed by atoms with Gasteiger partial charge < -0.3 is 0 Å². The first-order valence-corrected chi connectivity index (χ1v) is 15.1. The number of halogens is 4. The van der Waals surface area contributed by atoms with Crippen LogP contribution in [0.1, 0.15) is 48.3 Å². The normalized spacial score (nSPS) is 22.6. The number of nitrogens with one attached hydrogen (secondary N) is 2. The third-order valence-electron chi connectivity index (χ3n) is 7.62. The third-order valence-corrected chi connectivity index (χ3v) is 9.38. The average Bonchev–Trinajstić information content (AvgIpc) is 3.54. The summed E-state index contributed by atoms with van der Waals surface area (Å²) in [5, 5.41) is 9.98. The molecular formula is C27H29F4N7O2Se. The van der Waals surface area contributed by atoms with Crippen LogP contribution >= 0.6 is 0 Å². The minimum absolute atomic E-state index is 0.0114. The molecule has 2 N–H and O–H groups in total. The monoisotopic (exact) mass is 639 g/mol. The van der Waals surface area contributed by atoms with E-state index in [9.17, 15) is 18.0 Å². The van der Waals surface area contributed by atoms with Crippen molar-refractivity contribution < 1.29 is 27.1 Å². The Balaban J connectivity index is 1.18. The van der Waals surface area contributed by atoms with E-state index in [4.69, 9.17) is 4.74 Å². The molecule has 1 saturated carbocycles. The second kappa shape index (κ2) is 10.9. The van der Waals surface area contributed by atoms with Gasteiger partial charge in [-0.3, -0.25) is 0 Å². The van der Waals surface area contributed by atoms with Crippen LogP contribution in [0, 0.1) is 11.8 Å². The number of aromatic nitrogens is 4. The topological polar surface area (TPSA) is 88.7 Å². The van der Waals surface area contributed by atoms with E-state index in [1.807, 2.05) is 0 Å². The van der Waals surface area contributed by atoms with Crippen LogP contribution in [0.3, 0.4) is 0 Å². The summed E-state index contributed by atoms with van der Waals surface area (Å²) < 4.78 is 64.4. The number of carbonyl (C=O) groups is 1. The number of piperidine rings is 1. The summed E-state index contributed by atoms with van der Waals surface area (Å²) in [6.45, 7) is 4.07. The quantitative estimate of drug-likeness (QED) is 0.234. The van der Waals surface area contributed by atoms with Gasteiger partial charge in [-0.2, -0.15) is 0 Å². The molecule has 6 rings (SSSR count). The fraction of sp³-hybridized carbons (Fsp3) is 0.519. The summed E-state index contributed by atoms with van der Waals surface area (Å²) in [6.07, 6.45) is 4.58. The minimum atomic E-state index is -4.43. The molecule has 218 valence electrons. The molecule has 14 heteroatoms. The molecule has 2 aliphatic heterocycles. The van der Waals surface area contributed by atoms with E-state index >= 15 is 4.39 Å². The van der Waals surface area contributed by atoms with Gasteiger partial charge >= 0.3 is 240 Å². The van der Waals surface area contributed by atoms with Crippen molar-refractivity contribution in [3.8, 4) is 11.8 Å². The molecule has 3 aliphatic rings. The van der Waals surface area contributed by atoms with Gasteiger partial charge in [-0.25, -0.2) is 0 Å². The molecule has 0 bridgehead atoms. The second-order valence-electron chi connectivity index (χ2n) is 10.8. The zero-order chi connectivity index (χ0) is 28.8. The standard InChI is InChI=1S/C27H29F4N7O2Se/c1-26(15-40-16-26)36-11-9-20(19(28)14-36)34-23-6-2-5-22-24(41-27(29,30)31)21(35-38(22)23)4-3-10-32-25(39)17-12-33-37(13-17)18-7-8-18/h2,5-6,12-13,18-20,34H,7-11,14-16H2,1H3,(H,32,39). The maximum absolute atomic E-state index is 15.2. The van der Waals surface area contributed by atoms with Crippen LogP contribution in [-0.2, 0) is 4.74 Å². The number of alkyl halides is 4. The van der Waals surface area contributed by atoms with Crippen LogP contribution < -0.4 is 15.1 Å². The van der Waals surface area contributed by atoms with Crippen LogP contribution in [0.25, 0.3) is 5.52 Å². The van der Waals surface area contributed by atoms with Gasteiger partial charge in [-0.1, -0.05) is 0 Å². The van der Waals surface area contributed by atoms with E-state index < -0.39 is 32.2 Å². The number of amides is 1. The first-order valence-electron chi connectivity index (χ1n) is 13.4.